The van der Waals surface area contributed by atoms with Crippen LogP contribution >= 0.6 is 23.4 Å². The van der Waals surface area contributed by atoms with Crippen LogP contribution in [0.2, 0.25) is 5.02 Å². The Morgan fingerprint density at radius 2 is 2.10 bits per heavy atom. The molecule has 1 aromatic carbocycles. The highest BCUT2D eigenvalue weighted by atomic mass is 35.5. The van der Waals surface area contributed by atoms with Crippen molar-refractivity contribution >= 4 is 23.4 Å². The number of halogens is 1. The molecular formula is C14H18ClN3OS. The lowest BCUT2D eigenvalue weighted by Gasteiger charge is -2.20. The summed E-state index contributed by atoms with van der Waals surface area (Å²) in [5, 5.41) is 4.72. The molecule has 0 radical (unpaired) electrons. The Kier molecular flexibility index (Phi) is 5.07. The van der Waals surface area contributed by atoms with Gasteiger partial charge in [-0.2, -0.15) is 4.98 Å². The van der Waals surface area contributed by atoms with E-state index in [1.807, 2.05) is 38.1 Å². The number of hydrogen-bond acceptors (Lipinski definition) is 5. The first-order valence-corrected chi connectivity index (χ1v) is 7.94. The smallest absolute Gasteiger partial charge is 0.246 e. The summed E-state index contributed by atoms with van der Waals surface area (Å²) >= 11 is 7.57. The van der Waals surface area contributed by atoms with Gasteiger partial charge in [-0.3, -0.25) is 0 Å². The van der Waals surface area contributed by atoms with Crippen LogP contribution in [0.1, 0.15) is 38.4 Å². The summed E-state index contributed by atoms with van der Waals surface area (Å²) in [6.07, 6.45) is 1.54. The standard InChI is InChI=1S/C14H18ClN3OS/c1-3-14(16,4-2)13-17-12(18-19-13)9-20-11-7-5-6-10(15)8-11/h5-8H,3-4,9,16H2,1-2H3. The minimum atomic E-state index is -0.522. The van der Waals surface area contributed by atoms with Crippen molar-refractivity contribution in [1.82, 2.24) is 10.1 Å². The fraction of sp³-hybridized carbons (Fsp3) is 0.429. The average Bonchev–Trinajstić information content (AvgIpc) is 2.94. The highest BCUT2D eigenvalue weighted by molar-refractivity contribution is 7.98. The molecular weight excluding hydrogens is 294 g/mol. The highest BCUT2D eigenvalue weighted by Gasteiger charge is 2.29. The lowest BCUT2D eigenvalue weighted by atomic mass is 9.94. The van der Waals surface area contributed by atoms with Gasteiger partial charge in [-0.25, -0.2) is 0 Å². The summed E-state index contributed by atoms with van der Waals surface area (Å²) in [7, 11) is 0. The van der Waals surface area contributed by atoms with Crippen molar-refractivity contribution in [3.05, 3.63) is 41.0 Å². The maximum Gasteiger partial charge on any atom is 0.246 e. The van der Waals surface area contributed by atoms with Gasteiger partial charge in [0, 0.05) is 9.92 Å². The monoisotopic (exact) mass is 311 g/mol. The second-order valence-corrected chi connectivity index (χ2v) is 6.11. The predicted octanol–water partition coefficient (Wildman–Crippen LogP) is 3.99. The van der Waals surface area contributed by atoms with Gasteiger partial charge in [0.15, 0.2) is 5.82 Å². The number of aromatic nitrogens is 2. The molecule has 0 bridgehead atoms. The zero-order valence-corrected chi connectivity index (χ0v) is 13.2. The van der Waals surface area contributed by atoms with Crippen LogP contribution in [0.25, 0.3) is 0 Å². The van der Waals surface area contributed by atoms with Crippen molar-refractivity contribution in [1.29, 1.82) is 0 Å². The molecule has 0 aliphatic heterocycles. The molecule has 2 rings (SSSR count). The molecule has 2 aromatic rings. The molecule has 108 valence electrons. The number of nitrogens with zero attached hydrogens (tertiary/aromatic N) is 2. The Hall–Kier alpha value is -1.04. The van der Waals surface area contributed by atoms with Crippen molar-refractivity contribution < 1.29 is 4.52 Å². The number of nitrogens with two attached hydrogens (primary N) is 1. The third-order valence-electron chi connectivity index (χ3n) is 3.32. The lowest BCUT2D eigenvalue weighted by Crippen LogP contribution is -2.35. The fourth-order valence-corrected chi connectivity index (χ4v) is 2.83. The van der Waals surface area contributed by atoms with Crippen LogP contribution in [0.4, 0.5) is 0 Å². The van der Waals surface area contributed by atoms with Crippen LogP contribution in [-0.4, -0.2) is 10.1 Å². The first kappa shape index (κ1) is 15.4. The van der Waals surface area contributed by atoms with Gasteiger partial charge in [0.05, 0.1) is 11.3 Å². The molecule has 4 nitrogen and oxygen atoms in total. The van der Waals surface area contributed by atoms with E-state index in [-0.39, 0.29) is 0 Å². The fourth-order valence-electron chi connectivity index (χ4n) is 1.77. The van der Waals surface area contributed by atoms with Crippen molar-refractivity contribution in [2.24, 2.45) is 5.73 Å². The predicted molar refractivity (Wildman–Crippen MR) is 81.8 cm³/mol. The summed E-state index contributed by atoms with van der Waals surface area (Å²) in [6, 6.07) is 7.69. The summed E-state index contributed by atoms with van der Waals surface area (Å²) in [6.45, 7) is 4.04. The minimum Gasteiger partial charge on any atom is -0.337 e. The molecule has 1 heterocycles. The molecule has 1 aromatic heterocycles. The molecule has 20 heavy (non-hydrogen) atoms. The number of rotatable bonds is 6. The molecule has 0 saturated heterocycles. The van der Waals surface area contributed by atoms with Gasteiger partial charge in [-0.15, -0.1) is 11.8 Å². The van der Waals surface area contributed by atoms with Crippen LogP contribution in [0.3, 0.4) is 0 Å². The van der Waals surface area contributed by atoms with E-state index in [4.69, 9.17) is 21.9 Å². The van der Waals surface area contributed by atoms with E-state index in [2.05, 4.69) is 10.1 Å². The Bertz CT molecular complexity index is 569. The van der Waals surface area contributed by atoms with Crippen molar-refractivity contribution in [3.63, 3.8) is 0 Å². The third kappa shape index (κ3) is 3.53. The maximum absolute atomic E-state index is 6.24. The summed E-state index contributed by atoms with van der Waals surface area (Å²) in [5.41, 5.74) is 5.72. The van der Waals surface area contributed by atoms with E-state index < -0.39 is 5.54 Å². The van der Waals surface area contributed by atoms with Crippen LogP contribution < -0.4 is 5.73 Å². The molecule has 0 fully saturated rings. The minimum absolute atomic E-state index is 0.518. The van der Waals surface area contributed by atoms with Crippen molar-refractivity contribution in [3.8, 4) is 0 Å². The van der Waals surface area contributed by atoms with Gasteiger partial charge in [0.25, 0.3) is 0 Å². The molecule has 0 unspecified atom stereocenters. The topological polar surface area (TPSA) is 64.9 Å². The number of hydrogen-bond donors (Lipinski definition) is 1. The molecule has 0 spiro atoms. The van der Waals surface area contributed by atoms with E-state index >= 15 is 0 Å². The summed E-state index contributed by atoms with van der Waals surface area (Å²) < 4.78 is 5.30. The first-order chi connectivity index (χ1) is 9.57. The third-order valence-corrected chi connectivity index (χ3v) is 4.54. The zero-order chi connectivity index (χ0) is 14.6. The van der Waals surface area contributed by atoms with E-state index in [0.29, 0.717) is 17.5 Å². The van der Waals surface area contributed by atoms with Gasteiger partial charge in [-0.1, -0.05) is 36.7 Å². The van der Waals surface area contributed by atoms with Crippen LogP contribution in [0.15, 0.2) is 33.7 Å². The Labute approximate surface area is 128 Å². The highest BCUT2D eigenvalue weighted by Crippen LogP contribution is 2.27. The van der Waals surface area contributed by atoms with Crippen LogP contribution in [-0.2, 0) is 11.3 Å². The Morgan fingerprint density at radius 3 is 2.75 bits per heavy atom. The molecule has 0 amide bonds. The van der Waals surface area contributed by atoms with Gasteiger partial charge in [-0.05, 0) is 31.0 Å². The average molecular weight is 312 g/mol. The Balaban J connectivity index is 2.03. The zero-order valence-electron chi connectivity index (χ0n) is 11.6. The summed E-state index contributed by atoms with van der Waals surface area (Å²) in [4.78, 5) is 5.48. The second-order valence-electron chi connectivity index (χ2n) is 4.63. The first-order valence-electron chi connectivity index (χ1n) is 6.57. The summed E-state index contributed by atoms with van der Waals surface area (Å²) in [5.74, 6) is 1.80. The van der Waals surface area contributed by atoms with Crippen LogP contribution in [0.5, 0.6) is 0 Å². The normalized spacial score (nSPS) is 11.8. The van der Waals surface area contributed by atoms with Crippen molar-refractivity contribution in [2.45, 2.75) is 42.9 Å². The molecule has 2 N–H and O–H groups in total. The molecule has 0 atom stereocenters. The largest absolute Gasteiger partial charge is 0.337 e. The Morgan fingerprint density at radius 1 is 1.35 bits per heavy atom. The van der Waals surface area contributed by atoms with Gasteiger partial charge in [0.2, 0.25) is 5.89 Å². The van der Waals surface area contributed by atoms with Gasteiger partial charge >= 0.3 is 0 Å². The van der Waals surface area contributed by atoms with Crippen molar-refractivity contribution in [2.75, 3.05) is 0 Å². The van der Waals surface area contributed by atoms with E-state index in [1.165, 1.54) is 0 Å². The molecule has 0 aliphatic rings. The second kappa shape index (κ2) is 6.61. The van der Waals surface area contributed by atoms with E-state index in [9.17, 15) is 0 Å². The quantitative estimate of drug-likeness (QED) is 0.817. The molecule has 0 aliphatic carbocycles. The van der Waals surface area contributed by atoms with Crippen LogP contribution in [0, 0.1) is 0 Å². The number of thioether (sulfide) groups is 1. The number of benzene rings is 1. The van der Waals surface area contributed by atoms with Gasteiger partial charge < -0.3 is 10.3 Å². The van der Waals surface area contributed by atoms with E-state index in [1.54, 1.807) is 11.8 Å². The molecule has 0 saturated carbocycles. The maximum atomic E-state index is 6.24. The lowest BCUT2D eigenvalue weighted by molar-refractivity contribution is 0.267. The van der Waals surface area contributed by atoms with E-state index in [0.717, 1.165) is 22.8 Å². The van der Waals surface area contributed by atoms with Gasteiger partial charge in [0.1, 0.15) is 0 Å². The molecule has 6 heteroatoms. The SMILES string of the molecule is CCC(N)(CC)c1nc(CSc2cccc(Cl)c2)no1.